The Morgan fingerprint density at radius 2 is 2.47 bits per heavy atom. The van der Waals surface area contributed by atoms with Crippen molar-refractivity contribution in [1.29, 1.82) is 0 Å². The van der Waals surface area contributed by atoms with Gasteiger partial charge in [0.1, 0.15) is 5.82 Å². The highest BCUT2D eigenvalue weighted by Crippen LogP contribution is 2.35. The van der Waals surface area contributed by atoms with E-state index in [9.17, 15) is 0 Å². The van der Waals surface area contributed by atoms with Gasteiger partial charge in [0.25, 0.3) is 0 Å². The summed E-state index contributed by atoms with van der Waals surface area (Å²) in [5, 5.41) is 3.56. The average Bonchev–Trinajstić information content (AvgIpc) is 2.32. The first-order valence-electron chi connectivity index (χ1n) is 6.24. The van der Waals surface area contributed by atoms with Crippen molar-refractivity contribution < 1.29 is 0 Å². The zero-order valence-electron chi connectivity index (χ0n) is 10.2. The van der Waals surface area contributed by atoms with Gasteiger partial charge >= 0.3 is 0 Å². The molecule has 2 rings (SSSR count). The molecule has 0 saturated heterocycles. The fourth-order valence-corrected chi connectivity index (χ4v) is 3.09. The highest BCUT2D eigenvalue weighted by atomic mass is 79.9. The van der Waals surface area contributed by atoms with Crippen LogP contribution in [-0.4, -0.2) is 17.1 Å². The van der Waals surface area contributed by atoms with Gasteiger partial charge in [-0.25, -0.2) is 4.98 Å². The van der Waals surface area contributed by atoms with Crippen LogP contribution in [0.4, 0.5) is 5.82 Å². The Balaban J connectivity index is 2.17. The van der Waals surface area contributed by atoms with Crippen LogP contribution in [0.1, 0.15) is 32.6 Å². The molecule has 3 N–H and O–H groups in total. The first-order valence-corrected chi connectivity index (χ1v) is 7.03. The summed E-state index contributed by atoms with van der Waals surface area (Å²) in [7, 11) is 0. The van der Waals surface area contributed by atoms with Gasteiger partial charge in [-0.1, -0.05) is 19.8 Å². The molecule has 1 saturated carbocycles. The summed E-state index contributed by atoms with van der Waals surface area (Å²) in [6.07, 6.45) is 6.63. The molecule has 2 atom stereocenters. The molecule has 1 aliphatic rings. The average molecular weight is 298 g/mol. The standard InChI is InChI=1S/C13H20BrN3/c1-10-4-2-6-13(8-10,9-15)17-12-11(14)5-3-7-16-12/h3,5,7,10H,2,4,6,8-9,15H2,1H3,(H,16,17). The Hall–Kier alpha value is -0.610. The Labute approximate surface area is 111 Å². The number of nitrogens with two attached hydrogens (primary N) is 1. The van der Waals surface area contributed by atoms with Crippen LogP contribution in [0.25, 0.3) is 0 Å². The van der Waals surface area contributed by atoms with E-state index in [4.69, 9.17) is 5.73 Å². The zero-order chi connectivity index (χ0) is 12.3. The summed E-state index contributed by atoms with van der Waals surface area (Å²) in [5.41, 5.74) is 6.02. The SMILES string of the molecule is CC1CCCC(CN)(Nc2ncccc2Br)C1. The van der Waals surface area contributed by atoms with Crippen molar-refractivity contribution in [3.8, 4) is 0 Å². The topological polar surface area (TPSA) is 50.9 Å². The summed E-state index contributed by atoms with van der Waals surface area (Å²) >= 11 is 3.53. The van der Waals surface area contributed by atoms with Crippen LogP contribution in [0.2, 0.25) is 0 Å². The van der Waals surface area contributed by atoms with Gasteiger partial charge in [-0.2, -0.15) is 0 Å². The van der Waals surface area contributed by atoms with Crippen LogP contribution < -0.4 is 11.1 Å². The minimum absolute atomic E-state index is 0.0224. The maximum absolute atomic E-state index is 5.99. The summed E-state index contributed by atoms with van der Waals surface area (Å²) in [6.45, 7) is 2.97. The zero-order valence-corrected chi connectivity index (χ0v) is 11.8. The Kier molecular flexibility index (Phi) is 4.05. The molecule has 94 valence electrons. The number of pyridine rings is 1. The Morgan fingerprint density at radius 1 is 1.65 bits per heavy atom. The number of rotatable bonds is 3. The maximum Gasteiger partial charge on any atom is 0.140 e. The van der Waals surface area contributed by atoms with Gasteiger partial charge < -0.3 is 11.1 Å². The summed E-state index contributed by atoms with van der Waals surface area (Å²) in [5.74, 6) is 1.65. The number of nitrogens with zero attached hydrogens (tertiary/aromatic N) is 1. The lowest BCUT2D eigenvalue weighted by Crippen LogP contribution is -2.49. The van der Waals surface area contributed by atoms with Gasteiger partial charge in [0, 0.05) is 12.7 Å². The minimum atomic E-state index is 0.0224. The quantitative estimate of drug-likeness (QED) is 0.901. The maximum atomic E-state index is 5.99. The molecule has 2 unspecified atom stereocenters. The fourth-order valence-electron chi connectivity index (χ4n) is 2.74. The predicted octanol–water partition coefficient (Wildman–Crippen LogP) is 3.16. The molecule has 1 fully saturated rings. The largest absolute Gasteiger partial charge is 0.362 e. The van der Waals surface area contributed by atoms with E-state index in [0.717, 1.165) is 29.1 Å². The molecule has 0 aromatic carbocycles. The lowest BCUT2D eigenvalue weighted by Gasteiger charge is -2.40. The third kappa shape index (κ3) is 2.99. The molecular weight excluding hydrogens is 278 g/mol. The van der Waals surface area contributed by atoms with Gasteiger partial charge in [-0.15, -0.1) is 0 Å². The molecule has 17 heavy (non-hydrogen) atoms. The number of hydrogen-bond acceptors (Lipinski definition) is 3. The van der Waals surface area contributed by atoms with Gasteiger partial charge in [-0.3, -0.25) is 0 Å². The van der Waals surface area contributed by atoms with Gasteiger partial charge in [-0.05, 0) is 46.8 Å². The first-order chi connectivity index (χ1) is 8.15. The van der Waals surface area contributed by atoms with Crippen molar-refractivity contribution >= 4 is 21.7 Å². The summed E-state index contributed by atoms with van der Waals surface area (Å²) in [4.78, 5) is 4.38. The smallest absolute Gasteiger partial charge is 0.140 e. The van der Waals surface area contributed by atoms with Gasteiger partial charge in [0.05, 0.1) is 10.0 Å². The lowest BCUT2D eigenvalue weighted by molar-refractivity contribution is 0.263. The lowest BCUT2D eigenvalue weighted by atomic mass is 9.76. The van der Waals surface area contributed by atoms with E-state index in [2.05, 4.69) is 33.2 Å². The monoisotopic (exact) mass is 297 g/mol. The minimum Gasteiger partial charge on any atom is -0.362 e. The summed E-state index contributed by atoms with van der Waals surface area (Å²) in [6, 6.07) is 3.93. The molecule has 1 heterocycles. The second-order valence-electron chi connectivity index (χ2n) is 5.14. The molecule has 0 spiro atoms. The van der Waals surface area contributed by atoms with E-state index in [-0.39, 0.29) is 5.54 Å². The second kappa shape index (κ2) is 5.36. The van der Waals surface area contributed by atoms with E-state index in [0.29, 0.717) is 6.54 Å². The van der Waals surface area contributed by atoms with Gasteiger partial charge in [0.2, 0.25) is 0 Å². The molecule has 0 radical (unpaired) electrons. The van der Waals surface area contributed by atoms with Crippen LogP contribution in [0.15, 0.2) is 22.8 Å². The normalized spacial score (nSPS) is 29.0. The van der Waals surface area contributed by atoms with Gasteiger partial charge in [0.15, 0.2) is 0 Å². The van der Waals surface area contributed by atoms with Crippen LogP contribution in [0.5, 0.6) is 0 Å². The van der Waals surface area contributed by atoms with Crippen LogP contribution in [0, 0.1) is 5.92 Å². The molecule has 0 bridgehead atoms. The second-order valence-corrected chi connectivity index (χ2v) is 6.00. The van der Waals surface area contributed by atoms with Crippen molar-refractivity contribution in [2.45, 2.75) is 38.1 Å². The van der Waals surface area contributed by atoms with Crippen molar-refractivity contribution in [3.05, 3.63) is 22.8 Å². The van der Waals surface area contributed by atoms with Crippen molar-refractivity contribution in [2.75, 3.05) is 11.9 Å². The highest BCUT2D eigenvalue weighted by molar-refractivity contribution is 9.10. The van der Waals surface area contributed by atoms with Crippen LogP contribution in [-0.2, 0) is 0 Å². The van der Waals surface area contributed by atoms with E-state index in [1.54, 1.807) is 0 Å². The van der Waals surface area contributed by atoms with Crippen molar-refractivity contribution in [3.63, 3.8) is 0 Å². The van der Waals surface area contributed by atoms with Crippen LogP contribution in [0.3, 0.4) is 0 Å². The molecule has 1 aromatic rings. The van der Waals surface area contributed by atoms with Crippen molar-refractivity contribution in [1.82, 2.24) is 4.98 Å². The fraction of sp³-hybridized carbons (Fsp3) is 0.615. The van der Waals surface area contributed by atoms with E-state index < -0.39 is 0 Å². The Bertz CT molecular complexity index is 383. The molecule has 0 aliphatic heterocycles. The number of halogens is 1. The third-order valence-corrected chi connectivity index (χ3v) is 4.26. The molecule has 1 aromatic heterocycles. The van der Waals surface area contributed by atoms with Crippen LogP contribution >= 0.6 is 15.9 Å². The molecule has 0 amide bonds. The number of hydrogen-bond donors (Lipinski definition) is 2. The number of aromatic nitrogens is 1. The summed E-state index contributed by atoms with van der Waals surface area (Å²) < 4.78 is 1.01. The van der Waals surface area contributed by atoms with E-state index in [1.807, 2.05) is 18.3 Å². The third-order valence-electron chi connectivity index (χ3n) is 3.62. The van der Waals surface area contributed by atoms with E-state index >= 15 is 0 Å². The van der Waals surface area contributed by atoms with E-state index in [1.165, 1.54) is 12.8 Å². The van der Waals surface area contributed by atoms with Crippen molar-refractivity contribution in [2.24, 2.45) is 11.7 Å². The molecule has 4 heteroatoms. The molecule has 1 aliphatic carbocycles. The Morgan fingerprint density at radius 3 is 3.12 bits per heavy atom. The first kappa shape index (κ1) is 12.8. The molecular formula is C13H20BrN3. The highest BCUT2D eigenvalue weighted by Gasteiger charge is 2.34. The molecule has 3 nitrogen and oxygen atoms in total. The number of nitrogens with one attached hydrogen (secondary N) is 1. The predicted molar refractivity (Wildman–Crippen MR) is 75.0 cm³/mol. The number of anilines is 1.